The van der Waals surface area contributed by atoms with E-state index in [-0.39, 0.29) is 21.6 Å². The molecule has 122 valence electrons. The molecule has 0 fully saturated rings. The Kier molecular flexibility index (Phi) is 10.7. The molecule has 1 N–H and O–H groups in total. The second kappa shape index (κ2) is 9.19. The molecular formula is C13H25Cl4NOS. The molecule has 0 aliphatic rings. The first-order valence-electron chi connectivity index (χ1n) is 6.32. The van der Waals surface area contributed by atoms with Crippen molar-refractivity contribution in [2.75, 3.05) is 0 Å². The lowest BCUT2D eigenvalue weighted by atomic mass is 9.85. The van der Waals surface area contributed by atoms with Gasteiger partial charge in [-0.2, -0.15) is 0 Å². The molecule has 0 aliphatic heterocycles. The second-order valence-corrected chi connectivity index (χ2v) is 9.76. The molecule has 0 heterocycles. The number of carbonyl (C=O) groups excluding carboxylic acids is 1. The molecule has 0 spiro atoms. The summed E-state index contributed by atoms with van der Waals surface area (Å²) in [5.41, 5.74) is -0.135. The van der Waals surface area contributed by atoms with Crippen LogP contribution in [0.2, 0.25) is 0 Å². The minimum atomic E-state index is -1.24. The van der Waals surface area contributed by atoms with E-state index in [4.69, 9.17) is 46.4 Å². The molecule has 0 saturated heterocycles. The molecule has 0 aromatic rings. The van der Waals surface area contributed by atoms with Gasteiger partial charge < -0.3 is 5.32 Å². The van der Waals surface area contributed by atoms with Gasteiger partial charge in [0, 0.05) is 17.3 Å². The maximum Gasteiger partial charge on any atom is 0.276 e. The second-order valence-electron chi connectivity index (χ2n) is 6.31. The molecule has 0 aromatic heterocycles. The summed E-state index contributed by atoms with van der Waals surface area (Å²) in [4.78, 5) is 10.2. The van der Waals surface area contributed by atoms with Gasteiger partial charge in [-0.25, -0.2) is 0 Å². The first-order chi connectivity index (χ1) is 8.60. The van der Waals surface area contributed by atoms with E-state index in [0.717, 1.165) is 6.42 Å². The fraction of sp³-hybridized carbons (Fsp3) is 0.923. The highest BCUT2D eigenvalue weighted by molar-refractivity contribution is 7.96. The third-order valence-corrected chi connectivity index (χ3v) is 3.97. The van der Waals surface area contributed by atoms with Crippen molar-refractivity contribution in [3.8, 4) is 0 Å². The predicted octanol–water partition coefficient (Wildman–Crippen LogP) is 6.21. The third-order valence-electron chi connectivity index (χ3n) is 2.65. The molecule has 1 amide bonds. The summed E-state index contributed by atoms with van der Waals surface area (Å²) >= 11 is 26.6. The standard InChI is InChI=1S/C8H14Cl4.C5H11NOS/c1-4-7(2,3)6(9)5-8(10,11)12;1-5(2,3)6-4(7)8/h6H,4-5H2,1-3H3;1-3H3,(H2,6,7,8). The van der Waals surface area contributed by atoms with Crippen LogP contribution in [0.15, 0.2) is 0 Å². The molecule has 0 bridgehead atoms. The van der Waals surface area contributed by atoms with Gasteiger partial charge in [0.1, 0.15) is 0 Å². The van der Waals surface area contributed by atoms with E-state index >= 15 is 0 Å². The Hall–Kier alpha value is 0.980. The topological polar surface area (TPSA) is 29.1 Å². The predicted molar refractivity (Wildman–Crippen MR) is 95.9 cm³/mol. The van der Waals surface area contributed by atoms with Crippen molar-refractivity contribution in [2.45, 2.75) is 69.1 Å². The van der Waals surface area contributed by atoms with Crippen LogP contribution in [0.4, 0.5) is 4.79 Å². The molecule has 0 saturated carbocycles. The number of nitrogens with one attached hydrogen (secondary N) is 1. The van der Waals surface area contributed by atoms with Gasteiger partial charge in [0.15, 0.2) is 3.79 Å². The summed E-state index contributed by atoms with van der Waals surface area (Å²) < 4.78 is -1.24. The van der Waals surface area contributed by atoms with Gasteiger partial charge in [-0.05, 0) is 32.6 Å². The van der Waals surface area contributed by atoms with Crippen LogP contribution in [0.3, 0.4) is 0 Å². The number of amides is 1. The summed E-state index contributed by atoms with van der Waals surface area (Å²) in [7, 11) is 0. The SMILES string of the molecule is CC(C)(C)NC(=O)S.CCC(C)(C)C(Cl)CC(Cl)(Cl)Cl. The number of hydrogen-bond acceptors (Lipinski definition) is 1. The highest BCUT2D eigenvalue weighted by Crippen LogP contribution is 2.40. The van der Waals surface area contributed by atoms with Crippen LogP contribution in [0, 0.1) is 5.41 Å². The van der Waals surface area contributed by atoms with Crippen LogP contribution in [-0.2, 0) is 0 Å². The Morgan fingerprint density at radius 2 is 1.55 bits per heavy atom. The summed E-state index contributed by atoms with van der Waals surface area (Å²) in [6.45, 7) is 11.9. The van der Waals surface area contributed by atoms with Crippen LogP contribution in [0.1, 0.15) is 54.4 Å². The van der Waals surface area contributed by atoms with Crippen molar-refractivity contribution in [3.05, 3.63) is 0 Å². The molecule has 2 nitrogen and oxygen atoms in total. The first kappa shape index (κ1) is 23.2. The fourth-order valence-electron chi connectivity index (χ4n) is 1.02. The summed E-state index contributed by atoms with van der Waals surface area (Å²) in [6.07, 6.45) is 1.36. The number of carbonyl (C=O) groups is 1. The molecule has 1 atom stereocenters. The molecular weight excluding hydrogens is 360 g/mol. The van der Waals surface area contributed by atoms with Crippen LogP contribution >= 0.6 is 59.0 Å². The van der Waals surface area contributed by atoms with E-state index in [1.807, 2.05) is 20.8 Å². The quantitative estimate of drug-likeness (QED) is 0.439. The average molecular weight is 385 g/mol. The van der Waals surface area contributed by atoms with Gasteiger partial charge in [0.2, 0.25) is 0 Å². The van der Waals surface area contributed by atoms with Crippen molar-refractivity contribution in [2.24, 2.45) is 5.41 Å². The molecule has 0 radical (unpaired) electrons. The van der Waals surface area contributed by atoms with Crippen molar-refractivity contribution in [1.82, 2.24) is 5.32 Å². The zero-order valence-electron chi connectivity index (χ0n) is 12.9. The van der Waals surface area contributed by atoms with Gasteiger partial charge in [-0.3, -0.25) is 4.79 Å². The third kappa shape index (κ3) is 15.4. The highest BCUT2D eigenvalue weighted by Gasteiger charge is 2.33. The fourth-order valence-corrected chi connectivity index (χ4v) is 2.44. The van der Waals surface area contributed by atoms with Crippen LogP contribution in [0.5, 0.6) is 0 Å². The lowest BCUT2D eigenvalue weighted by Crippen LogP contribution is -2.37. The first-order valence-corrected chi connectivity index (χ1v) is 8.34. The van der Waals surface area contributed by atoms with Gasteiger partial charge in [-0.1, -0.05) is 68.2 Å². The van der Waals surface area contributed by atoms with E-state index in [2.05, 4.69) is 38.7 Å². The van der Waals surface area contributed by atoms with Crippen LogP contribution < -0.4 is 5.32 Å². The van der Waals surface area contributed by atoms with Crippen LogP contribution in [0.25, 0.3) is 0 Å². The molecule has 0 aliphatic carbocycles. The number of rotatable bonds is 3. The van der Waals surface area contributed by atoms with Crippen LogP contribution in [-0.4, -0.2) is 19.9 Å². The van der Waals surface area contributed by atoms with E-state index in [1.165, 1.54) is 0 Å². The summed E-state index contributed by atoms with van der Waals surface area (Å²) in [5, 5.41) is 2.23. The molecule has 7 heteroatoms. The Morgan fingerprint density at radius 3 is 1.70 bits per heavy atom. The van der Waals surface area contributed by atoms with Gasteiger partial charge in [-0.15, -0.1) is 11.6 Å². The van der Waals surface area contributed by atoms with E-state index < -0.39 is 3.79 Å². The number of hydrogen-bond donors (Lipinski definition) is 2. The molecule has 20 heavy (non-hydrogen) atoms. The zero-order chi connectivity index (χ0) is 16.8. The Morgan fingerprint density at radius 1 is 1.15 bits per heavy atom. The van der Waals surface area contributed by atoms with E-state index in [0.29, 0.717) is 6.42 Å². The normalized spacial score (nSPS) is 14.2. The minimum Gasteiger partial charge on any atom is -0.343 e. The van der Waals surface area contributed by atoms with Crippen molar-refractivity contribution in [1.29, 1.82) is 0 Å². The summed E-state index contributed by atoms with van der Waals surface area (Å²) in [6, 6.07) is 0. The zero-order valence-corrected chi connectivity index (χ0v) is 16.8. The average Bonchev–Trinajstić information content (AvgIpc) is 2.11. The highest BCUT2D eigenvalue weighted by atomic mass is 35.6. The number of thiol groups is 1. The largest absolute Gasteiger partial charge is 0.343 e. The number of alkyl halides is 4. The van der Waals surface area contributed by atoms with Gasteiger partial charge >= 0.3 is 0 Å². The van der Waals surface area contributed by atoms with E-state index in [9.17, 15) is 4.79 Å². The molecule has 0 aromatic carbocycles. The molecule has 1 unspecified atom stereocenters. The Balaban J connectivity index is 0. The lowest BCUT2D eigenvalue weighted by molar-refractivity contribution is 0.253. The number of halogens is 4. The smallest absolute Gasteiger partial charge is 0.276 e. The lowest BCUT2D eigenvalue weighted by Gasteiger charge is -2.30. The maximum atomic E-state index is 10.2. The van der Waals surface area contributed by atoms with Crippen molar-refractivity contribution >= 4 is 64.3 Å². The molecule has 0 rings (SSSR count). The Labute approximate surface area is 148 Å². The van der Waals surface area contributed by atoms with Gasteiger partial charge in [0.05, 0.1) is 0 Å². The van der Waals surface area contributed by atoms with Gasteiger partial charge in [0.25, 0.3) is 5.24 Å². The van der Waals surface area contributed by atoms with E-state index in [1.54, 1.807) is 0 Å². The Bertz CT molecular complexity index is 298. The summed E-state index contributed by atoms with van der Waals surface area (Å²) in [5.74, 6) is 0. The van der Waals surface area contributed by atoms with Crippen molar-refractivity contribution < 1.29 is 4.79 Å². The maximum absolute atomic E-state index is 10.2. The monoisotopic (exact) mass is 383 g/mol. The van der Waals surface area contributed by atoms with Crippen molar-refractivity contribution in [3.63, 3.8) is 0 Å². The minimum absolute atomic E-state index is 0.0193.